The Morgan fingerprint density at radius 3 is 1.04 bits per heavy atom. The van der Waals surface area contributed by atoms with E-state index in [0.29, 0.717) is 6.42 Å². The minimum Gasteiger partial charge on any atom is -0.460 e. The Morgan fingerprint density at radius 2 is 0.736 bits per heavy atom. The minimum absolute atomic E-state index is 0.00136. The van der Waals surface area contributed by atoms with E-state index in [1.807, 2.05) is 6.92 Å². The fourth-order valence-corrected chi connectivity index (χ4v) is 4.99. The van der Waals surface area contributed by atoms with Gasteiger partial charge in [0.15, 0.2) is 17.3 Å². The zero-order valence-electron chi connectivity index (χ0n) is 33.5. The lowest BCUT2D eigenvalue weighted by Gasteiger charge is -2.25. The van der Waals surface area contributed by atoms with E-state index in [1.165, 1.54) is 0 Å². The van der Waals surface area contributed by atoms with Crippen molar-refractivity contribution in [2.75, 3.05) is 19.6 Å². The second-order valence-electron chi connectivity index (χ2n) is 16.1. The Labute approximate surface area is 314 Å². The first-order chi connectivity index (χ1) is 24.3. The number of carbonyl (C=O) groups is 9. The summed E-state index contributed by atoms with van der Waals surface area (Å²) in [6.45, 7) is 16.3. The molecule has 0 saturated carbocycles. The van der Waals surface area contributed by atoms with Crippen LogP contribution < -0.4 is 16.0 Å². The molecule has 0 aliphatic rings. The topological polar surface area (TPSA) is 217 Å². The van der Waals surface area contributed by atoms with Crippen molar-refractivity contribution < 1.29 is 57.4 Å². The average molecular weight is 754 g/mol. The van der Waals surface area contributed by atoms with Crippen molar-refractivity contribution in [1.29, 1.82) is 0 Å². The first-order valence-electron chi connectivity index (χ1n) is 18.3. The molecule has 3 N–H and O–H groups in total. The molecule has 0 aliphatic carbocycles. The van der Waals surface area contributed by atoms with Gasteiger partial charge in [0.25, 0.3) is 0 Å². The second-order valence-corrected chi connectivity index (χ2v) is 16.1. The Kier molecular flexibility index (Phi) is 21.6. The van der Waals surface area contributed by atoms with Crippen LogP contribution in [0.25, 0.3) is 0 Å². The van der Waals surface area contributed by atoms with Gasteiger partial charge in [-0.1, -0.05) is 13.3 Å². The van der Waals surface area contributed by atoms with E-state index >= 15 is 0 Å². The van der Waals surface area contributed by atoms with Crippen molar-refractivity contribution in [3.63, 3.8) is 0 Å². The first kappa shape index (κ1) is 48.8. The summed E-state index contributed by atoms with van der Waals surface area (Å²) in [6, 6.07) is 0. The molecular formula is C38H63N3O12. The Balaban J connectivity index is 5.31. The SMILES string of the molecule is CCC(CC(=O)CNC(=O)CCC(=O)OC(C)(C)C)C(CCC(=O)CNC(=O)CCC(=O)OC(C)(C)C)CC(=O)CNC(=O)CCC(=O)OC(C)(C)C. The number of esters is 3. The summed E-state index contributed by atoms with van der Waals surface area (Å²) in [5, 5.41) is 7.52. The summed E-state index contributed by atoms with van der Waals surface area (Å²) in [4.78, 5) is 111. The van der Waals surface area contributed by atoms with Gasteiger partial charge in [0.2, 0.25) is 17.7 Å². The monoisotopic (exact) mass is 753 g/mol. The second kappa shape index (κ2) is 23.5. The van der Waals surface area contributed by atoms with Crippen LogP contribution >= 0.6 is 0 Å². The summed E-state index contributed by atoms with van der Waals surface area (Å²) in [7, 11) is 0. The predicted octanol–water partition coefficient (Wildman–Crippen LogP) is 3.61. The van der Waals surface area contributed by atoms with E-state index in [1.54, 1.807) is 62.3 Å². The minimum atomic E-state index is -0.697. The standard InChI is InChI=1S/C38H63N3O12/c1-11-25(20-28(43)23-40-31(46)15-18-34(49)52-37(5,6)7)26(21-29(44)24-41-32(47)16-19-35(50)53-38(8,9)10)12-13-27(42)22-39-30(45)14-17-33(48)51-36(2,3)4/h25-26H,11-24H2,1-10H3,(H,39,45)(H,40,46)(H,41,47). The van der Waals surface area contributed by atoms with Crippen LogP contribution in [0.1, 0.15) is 140 Å². The highest BCUT2D eigenvalue weighted by Gasteiger charge is 2.27. The maximum atomic E-state index is 13.0. The number of Topliss-reactive ketones (excluding diaryl/α,β-unsaturated/α-hetero) is 3. The average Bonchev–Trinajstić information content (AvgIpc) is 3.00. The number of rotatable bonds is 24. The van der Waals surface area contributed by atoms with Crippen LogP contribution in [0.5, 0.6) is 0 Å². The van der Waals surface area contributed by atoms with Crippen molar-refractivity contribution in [3.05, 3.63) is 0 Å². The highest BCUT2D eigenvalue weighted by molar-refractivity contribution is 5.89. The third kappa shape index (κ3) is 28.1. The van der Waals surface area contributed by atoms with Gasteiger partial charge >= 0.3 is 17.9 Å². The van der Waals surface area contributed by atoms with Crippen LogP contribution in [0.15, 0.2) is 0 Å². The molecule has 0 spiro atoms. The third-order valence-corrected chi connectivity index (χ3v) is 7.34. The Bertz CT molecular complexity index is 1290. The molecule has 0 rings (SSSR count). The lowest BCUT2D eigenvalue weighted by atomic mass is 9.79. The van der Waals surface area contributed by atoms with Crippen LogP contribution in [0.3, 0.4) is 0 Å². The van der Waals surface area contributed by atoms with E-state index in [2.05, 4.69) is 16.0 Å². The fraction of sp³-hybridized carbons (Fsp3) is 0.763. The lowest BCUT2D eigenvalue weighted by molar-refractivity contribution is -0.156. The van der Waals surface area contributed by atoms with Crippen LogP contribution in [0, 0.1) is 11.8 Å². The smallest absolute Gasteiger partial charge is 0.306 e. The highest BCUT2D eigenvalue weighted by Crippen LogP contribution is 2.28. The molecule has 0 aliphatic heterocycles. The van der Waals surface area contributed by atoms with E-state index in [9.17, 15) is 43.2 Å². The molecule has 2 atom stereocenters. The number of hydrogen-bond acceptors (Lipinski definition) is 12. The van der Waals surface area contributed by atoms with E-state index in [0.717, 1.165) is 0 Å². The normalized spacial score (nSPS) is 12.8. The van der Waals surface area contributed by atoms with Crippen molar-refractivity contribution >= 4 is 53.0 Å². The van der Waals surface area contributed by atoms with Crippen molar-refractivity contribution in [3.8, 4) is 0 Å². The Morgan fingerprint density at radius 1 is 0.434 bits per heavy atom. The zero-order chi connectivity index (χ0) is 41.0. The zero-order valence-corrected chi connectivity index (χ0v) is 33.5. The molecule has 2 unspecified atom stereocenters. The van der Waals surface area contributed by atoms with Crippen molar-refractivity contribution in [2.45, 2.75) is 157 Å². The first-order valence-corrected chi connectivity index (χ1v) is 18.3. The highest BCUT2D eigenvalue weighted by atomic mass is 16.6. The maximum absolute atomic E-state index is 13.0. The molecule has 0 fully saturated rings. The van der Waals surface area contributed by atoms with E-state index in [-0.39, 0.29) is 107 Å². The molecule has 15 heteroatoms. The van der Waals surface area contributed by atoms with Gasteiger partial charge in [-0.3, -0.25) is 43.2 Å². The van der Waals surface area contributed by atoms with Crippen LogP contribution in [-0.2, 0) is 57.4 Å². The predicted molar refractivity (Wildman–Crippen MR) is 195 cm³/mol. The number of nitrogens with one attached hydrogen (secondary N) is 3. The molecule has 53 heavy (non-hydrogen) atoms. The van der Waals surface area contributed by atoms with Gasteiger partial charge < -0.3 is 30.2 Å². The van der Waals surface area contributed by atoms with Gasteiger partial charge in [0.05, 0.1) is 38.9 Å². The van der Waals surface area contributed by atoms with Crippen molar-refractivity contribution in [1.82, 2.24) is 16.0 Å². The number of ketones is 3. The van der Waals surface area contributed by atoms with E-state index in [4.69, 9.17) is 14.2 Å². The summed E-state index contributed by atoms with van der Waals surface area (Å²) in [6.07, 6.45) is -0.319. The van der Waals surface area contributed by atoms with Crippen LogP contribution in [-0.4, -0.2) is 89.4 Å². The quantitative estimate of drug-likeness (QED) is 0.0952. The van der Waals surface area contributed by atoms with Gasteiger partial charge in [-0.05, 0) is 80.6 Å². The van der Waals surface area contributed by atoms with E-state index < -0.39 is 58.4 Å². The molecule has 0 aromatic rings. The molecular weight excluding hydrogens is 690 g/mol. The summed E-state index contributed by atoms with van der Waals surface area (Å²) in [5.74, 6) is -4.90. The van der Waals surface area contributed by atoms with Crippen molar-refractivity contribution in [2.24, 2.45) is 11.8 Å². The molecule has 15 nitrogen and oxygen atoms in total. The third-order valence-electron chi connectivity index (χ3n) is 7.34. The molecule has 0 heterocycles. The molecule has 0 aromatic heterocycles. The number of amides is 3. The van der Waals surface area contributed by atoms with Gasteiger partial charge in [-0.25, -0.2) is 0 Å². The Hall–Kier alpha value is -4.17. The largest absolute Gasteiger partial charge is 0.460 e. The summed E-state index contributed by atoms with van der Waals surface area (Å²) in [5.41, 5.74) is -2.07. The van der Waals surface area contributed by atoms with Gasteiger partial charge in [0.1, 0.15) is 16.8 Å². The van der Waals surface area contributed by atoms with Crippen LogP contribution in [0.2, 0.25) is 0 Å². The van der Waals surface area contributed by atoms with Gasteiger partial charge in [-0.2, -0.15) is 0 Å². The summed E-state index contributed by atoms with van der Waals surface area (Å²) < 4.78 is 15.6. The number of ether oxygens (including phenoxy) is 3. The molecule has 3 amide bonds. The van der Waals surface area contributed by atoms with Crippen LogP contribution in [0.4, 0.5) is 0 Å². The summed E-state index contributed by atoms with van der Waals surface area (Å²) >= 11 is 0. The lowest BCUT2D eigenvalue weighted by Crippen LogP contribution is -2.34. The molecule has 0 aromatic carbocycles. The number of hydrogen-bond donors (Lipinski definition) is 3. The maximum Gasteiger partial charge on any atom is 0.306 e. The molecule has 302 valence electrons. The number of carbonyl (C=O) groups excluding carboxylic acids is 9. The molecule has 0 saturated heterocycles. The van der Waals surface area contributed by atoms with Gasteiger partial charge in [-0.15, -0.1) is 0 Å². The van der Waals surface area contributed by atoms with Gasteiger partial charge in [0, 0.05) is 38.5 Å². The molecule has 0 radical (unpaired) electrons. The fourth-order valence-electron chi connectivity index (χ4n) is 4.99. The molecule has 0 bridgehead atoms.